The van der Waals surface area contributed by atoms with Gasteiger partial charge in [-0.05, 0) is 18.9 Å². The van der Waals surface area contributed by atoms with Crippen molar-refractivity contribution in [3.05, 3.63) is 11.8 Å². The summed E-state index contributed by atoms with van der Waals surface area (Å²) in [5.41, 5.74) is 0. The third kappa shape index (κ3) is 21.2. The van der Waals surface area contributed by atoms with E-state index in [2.05, 4.69) is 6.92 Å². The zero-order valence-electron chi connectivity index (χ0n) is 18.0. The number of unbranched alkanes of at least 4 members (excludes halogenated alkanes) is 19. The van der Waals surface area contributed by atoms with Gasteiger partial charge in [-0.25, -0.2) is 4.79 Å². The van der Waals surface area contributed by atoms with Crippen LogP contribution in [0, 0.1) is 0 Å². The zero-order valence-corrected chi connectivity index (χ0v) is 18.0. The summed E-state index contributed by atoms with van der Waals surface area (Å²) in [4.78, 5) is 10.4. The fraction of sp³-hybridized carbons (Fsp3) is 0.875. The second-order valence-corrected chi connectivity index (χ2v) is 8.05. The van der Waals surface area contributed by atoms with E-state index >= 15 is 0 Å². The lowest BCUT2D eigenvalue weighted by Crippen LogP contribution is -1.98. The Morgan fingerprint density at radius 2 is 0.852 bits per heavy atom. The molecule has 2 N–H and O–H groups in total. The number of carboxylic acids is 1. The van der Waals surface area contributed by atoms with Crippen molar-refractivity contribution in [2.75, 3.05) is 0 Å². The monoisotopic (exact) mass is 382 g/mol. The number of aliphatic hydroxyl groups excluding tert-OH is 1. The summed E-state index contributed by atoms with van der Waals surface area (Å²) in [5.74, 6) is -1.75. The second kappa shape index (κ2) is 21.3. The Morgan fingerprint density at radius 1 is 0.556 bits per heavy atom. The number of hydrogen-bond acceptors (Lipinski definition) is 2. The molecule has 0 amide bonds. The van der Waals surface area contributed by atoms with E-state index in [0.717, 1.165) is 12.8 Å². The van der Waals surface area contributed by atoms with Gasteiger partial charge in [0.25, 0.3) is 0 Å². The van der Waals surface area contributed by atoms with Crippen molar-refractivity contribution in [2.24, 2.45) is 0 Å². The van der Waals surface area contributed by atoms with Crippen LogP contribution in [-0.4, -0.2) is 16.2 Å². The van der Waals surface area contributed by atoms with E-state index in [1.807, 2.05) is 0 Å². The molecule has 0 aromatic heterocycles. The highest BCUT2D eigenvalue weighted by Gasteiger charge is 2.01. The lowest BCUT2D eigenvalue weighted by molar-refractivity contribution is -0.135. The number of carbonyl (C=O) groups is 1. The molecular formula is C24H46O3. The van der Waals surface area contributed by atoms with Gasteiger partial charge >= 0.3 is 5.97 Å². The van der Waals surface area contributed by atoms with Crippen LogP contribution in [0.3, 0.4) is 0 Å². The summed E-state index contributed by atoms with van der Waals surface area (Å²) in [6.45, 7) is 2.28. The molecule has 0 aliphatic carbocycles. The molecule has 0 fully saturated rings. The normalized spacial score (nSPS) is 11.8. The molecule has 0 heterocycles. The number of rotatable bonds is 21. The van der Waals surface area contributed by atoms with Crippen LogP contribution in [0.2, 0.25) is 0 Å². The van der Waals surface area contributed by atoms with Gasteiger partial charge in [0.15, 0.2) is 5.76 Å². The molecule has 0 bridgehead atoms. The molecule has 0 aromatic carbocycles. The largest absolute Gasteiger partial charge is 0.502 e. The van der Waals surface area contributed by atoms with E-state index in [-0.39, 0.29) is 0 Å². The molecule has 0 spiro atoms. The maximum atomic E-state index is 10.4. The molecule has 0 saturated heterocycles. The predicted octanol–water partition coefficient (Wildman–Crippen LogP) is 8.33. The number of carboxylic acid groups (broad SMARTS) is 1. The van der Waals surface area contributed by atoms with Crippen molar-refractivity contribution in [2.45, 2.75) is 135 Å². The number of hydrogen-bond donors (Lipinski definition) is 2. The minimum absolute atomic E-state index is 0.516. The Bertz CT molecular complexity index is 350. The van der Waals surface area contributed by atoms with Crippen LogP contribution in [0.5, 0.6) is 0 Å². The average Bonchev–Trinajstić information content (AvgIpc) is 2.66. The Hall–Kier alpha value is -0.990. The third-order valence-electron chi connectivity index (χ3n) is 5.36. The Kier molecular flexibility index (Phi) is 20.5. The SMILES string of the molecule is CCCCCCCCCCCCCCCCCCCCCC=C(O)C(=O)O. The average molecular weight is 383 g/mol. The zero-order chi connectivity index (χ0) is 20.0. The van der Waals surface area contributed by atoms with E-state index in [4.69, 9.17) is 10.2 Å². The Balaban J connectivity index is 3.09. The molecule has 0 radical (unpaired) electrons. The van der Waals surface area contributed by atoms with Crippen LogP contribution >= 0.6 is 0 Å². The molecule has 0 aromatic rings. The smallest absolute Gasteiger partial charge is 0.370 e. The summed E-state index contributed by atoms with van der Waals surface area (Å²) in [5, 5.41) is 17.6. The third-order valence-corrected chi connectivity index (χ3v) is 5.36. The first-order valence-corrected chi connectivity index (χ1v) is 11.8. The highest BCUT2D eigenvalue weighted by molar-refractivity contribution is 5.83. The molecule has 3 nitrogen and oxygen atoms in total. The highest BCUT2D eigenvalue weighted by Crippen LogP contribution is 2.14. The molecule has 0 rings (SSSR count). The number of allylic oxidation sites excluding steroid dienone is 1. The van der Waals surface area contributed by atoms with Gasteiger partial charge in [0.2, 0.25) is 0 Å². The predicted molar refractivity (Wildman–Crippen MR) is 116 cm³/mol. The molecule has 0 aliphatic rings. The van der Waals surface area contributed by atoms with Crippen molar-refractivity contribution in [1.29, 1.82) is 0 Å². The molecule has 160 valence electrons. The minimum Gasteiger partial charge on any atom is -0.502 e. The first kappa shape index (κ1) is 26.0. The van der Waals surface area contributed by atoms with Crippen molar-refractivity contribution >= 4 is 5.97 Å². The van der Waals surface area contributed by atoms with Crippen LogP contribution in [0.15, 0.2) is 11.8 Å². The van der Waals surface area contributed by atoms with Gasteiger partial charge in [0.05, 0.1) is 0 Å². The maximum absolute atomic E-state index is 10.4. The first-order chi connectivity index (χ1) is 13.2. The van der Waals surface area contributed by atoms with Gasteiger partial charge < -0.3 is 10.2 Å². The van der Waals surface area contributed by atoms with E-state index in [0.29, 0.717) is 6.42 Å². The van der Waals surface area contributed by atoms with E-state index in [1.165, 1.54) is 115 Å². The molecule has 0 atom stereocenters. The topological polar surface area (TPSA) is 57.5 Å². The number of aliphatic carboxylic acids is 1. The van der Waals surface area contributed by atoms with Gasteiger partial charge in [-0.1, -0.05) is 122 Å². The van der Waals surface area contributed by atoms with E-state index in [1.54, 1.807) is 0 Å². The molecule has 0 saturated carbocycles. The summed E-state index contributed by atoms with van der Waals surface area (Å²) in [6.07, 6.45) is 27.8. The summed E-state index contributed by atoms with van der Waals surface area (Å²) in [7, 11) is 0. The summed E-state index contributed by atoms with van der Waals surface area (Å²) >= 11 is 0. The van der Waals surface area contributed by atoms with Crippen LogP contribution in [0.1, 0.15) is 135 Å². The maximum Gasteiger partial charge on any atom is 0.370 e. The standard InChI is InChI=1S/C24H46O3/c1-2-3-4-5-6-7-8-9-10-11-12-13-14-15-16-17-18-19-20-21-22-23(25)24(26)27/h22,25H,2-21H2,1H3,(H,26,27). The molecule has 27 heavy (non-hydrogen) atoms. The van der Waals surface area contributed by atoms with Crippen molar-refractivity contribution in [1.82, 2.24) is 0 Å². The number of aliphatic hydroxyl groups is 1. The Labute approximate surface area is 168 Å². The summed E-state index contributed by atoms with van der Waals surface area (Å²) in [6, 6.07) is 0. The van der Waals surface area contributed by atoms with Crippen molar-refractivity contribution in [3.63, 3.8) is 0 Å². The lowest BCUT2D eigenvalue weighted by Gasteiger charge is -2.04. The lowest BCUT2D eigenvalue weighted by atomic mass is 10.0. The van der Waals surface area contributed by atoms with Gasteiger partial charge in [0, 0.05) is 0 Å². The summed E-state index contributed by atoms with van der Waals surface area (Å²) < 4.78 is 0. The molecule has 3 heteroatoms. The minimum atomic E-state index is -1.23. The van der Waals surface area contributed by atoms with E-state index < -0.39 is 11.7 Å². The fourth-order valence-electron chi connectivity index (χ4n) is 3.55. The van der Waals surface area contributed by atoms with Crippen LogP contribution in [0.25, 0.3) is 0 Å². The van der Waals surface area contributed by atoms with Crippen molar-refractivity contribution in [3.8, 4) is 0 Å². The highest BCUT2D eigenvalue weighted by atomic mass is 16.4. The van der Waals surface area contributed by atoms with Crippen LogP contribution in [0.4, 0.5) is 0 Å². The van der Waals surface area contributed by atoms with Gasteiger partial charge in [0.1, 0.15) is 0 Å². The molecular weight excluding hydrogens is 336 g/mol. The van der Waals surface area contributed by atoms with Gasteiger partial charge in [-0.15, -0.1) is 0 Å². The fourth-order valence-corrected chi connectivity index (χ4v) is 3.55. The molecule has 0 unspecified atom stereocenters. The van der Waals surface area contributed by atoms with Crippen LogP contribution in [-0.2, 0) is 4.79 Å². The van der Waals surface area contributed by atoms with Crippen LogP contribution < -0.4 is 0 Å². The Morgan fingerprint density at radius 3 is 1.15 bits per heavy atom. The van der Waals surface area contributed by atoms with Gasteiger partial charge in [-0.2, -0.15) is 0 Å². The van der Waals surface area contributed by atoms with Gasteiger partial charge in [-0.3, -0.25) is 0 Å². The first-order valence-electron chi connectivity index (χ1n) is 11.8. The van der Waals surface area contributed by atoms with Crippen molar-refractivity contribution < 1.29 is 15.0 Å². The second-order valence-electron chi connectivity index (χ2n) is 8.05. The quantitative estimate of drug-likeness (QED) is 0.119. The molecule has 0 aliphatic heterocycles. The van der Waals surface area contributed by atoms with E-state index in [9.17, 15) is 4.79 Å².